The fraction of sp³-hybridized carbons (Fsp3) is 0.407. The number of aryl methyl sites for hydroxylation is 1. The second-order valence-corrected chi connectivity index (χ2v) is 10.8. The third-order valence-electron chi connectivity index (χ3n) is 7.83. The van der Waals surface area contributed by atoms with Crippen LogP contribution in [0.4, 0.5) is 10.1 Å². The highest BCUT2D eigenvalue weighted by atomic mass is 19.1. The van der Waals surface area contributed by atoms with Crippen molar-refractivity contribution in [2.45, 2.75) is 31.3 Å². The lowest BCUT2D eigenvalue weighted by atomic mass is 9.91. The van der Waals surface area contributed by atoms with Crippen molar-refractivity contribution in [3.05, 3.63) is 59.8 Å². The number of nitrogens with zero attached hydrogens (tertiary/aromatic N) is 7. The summed E-state index contributed by atoms with van der Waals surface area (Å²) in [5.74, 6) is -0.947. The smallest absolute Gasteiger partial charge is 0.254 e. The van der Waals surface area contributed by atoms with Crippen molar-refractivity contribution in [1.29, 1.82) is 0 Å². The lowest BCUT2D eigenvalue weighted by Gasteiger charge is -2.55. The molecule has 1 spiro atoms. The molecule has 3 fully saturated rings. The van der Waals surface area contributed by atoms with E-state index in [1.54, 1.807) is 30.1 Å². The number of piperazine rings is 1. The molecule has 38 heavy (non-hydrogen) atoms. The highest BCUT2D eigenvalue weighted by Gasteiger charge is 2.47. The van der Waals surface area contributed by atoms with Crippen molar-refractivity contribution in [3.8, 4) is 17.1 Å². The lowest BCUT2D eigenvalue weighted by molar-refractivity contribution is -0.0788. The van der Waals surface area contributed by atoms with Crippen LogP contribution in [0.3, 0.4) is 0 Å². The monoisotopic (exact) mass is 516 g/mol. The van der Waals surface area contributed by atoms with E-state index in [2.05, 4.69) is 49.7 Å². The largest absolute Gasteiger partial charge is 0.376 e. The van der Waals surface area contributed by atoms with Crippen LogP contribution in [-0.4, -0.2) is 86.7 Å². The molecule has 0 atom stereocenters. The van der Waals surface area contributed by atoms with E-state index < -0.39 is 11.7 Å². The summed E-state index contributed by atoms with van der Waals surface area (Å²) in [4.78, 5) is 22.0. The molecule has 196 valence electrons. The molecule has 5 heterocycles. The van der Waals surface area contributed by atoms with E-state index in [0.717, 1.165) is 62.7 Å². The molecule has 4 aromatic rings. The molecule has 0 radical (unpaired) electrons. The predicted molar refractivity (Wildman–Crippen MR) is 139 cm³/mol. The normalized spacial score (nSPS) is 19.2. The fourth-order valence-corrected chi connectivity index (χ4v) is 5.55. The van der Waals surface area contributed by atoms with E-state index in [4.69, 9.17) is 4.74 Å². The number of anilines is 1. The molecule has 7 rings (SSSR count). The number of nitrogens with one attached hydrogen (secondary N) is 1. The summed E-state index contributed by atoms with van der Waals surface area (Å²) in [6, 6.07) is 7.19. The van der Waals surface area contributed by atoms with Crippen LogP contribution in [0.2, 0.25) is 0 Å². The zero-order chi connectivity index (χ0) is 26.0. The third kappa shape index (κ3) is 3.84. The zero-order valence-electron chi connectivity index (χ0n) is 21.4. The first-order chi connectivity index (χ1) is 18.4. The van der Waals surface area contributed by atoms with Gasteiger partial charge in [-0.3, -0.25) is 9.20 Å². The van der Waals surface area contributed by atoms with Gasteiger partial charge in [0.1, 0.15) is 17.2 Å². The number of imidazole rings is 1. The Morgan fingerprint density at radius 1 is 1.18 bits per heavy atom. The highest BCUT2D eigenvalue weighted by Crippen LogP contribution is 2.34. The molecule has 10 nitrogen and oxygen atoms in total. The van der Waals surface area contributed by atoms with Gasteiger partial charge in [0.05, 0.1) is 53.8 Å². The summed E-state index contributed by atoms with van der Waals surface area (Å²) in [5, 5.41) is 11.6. The molecule has 1 amide bonds. The van der Waals surface area contributed by atoms with Crippen molar-refractivity contribution in [3.63, 3.8) is 0 Å². The van der Waals surface area contributed by atoms with Crippen LogP contribution in [0.5, 0.6) is 0 Å². The number of fused-ring (bicyclic) bond motifs is 1. The van der Waals surface area contributed by atoms with Crippen LogP contribution in [-0.2, 0) is 4.74 Å². The Morgan fingerprint density at radius 2 is 2.03 bits per heavy atom. The number of pyridine rings is 1. The van der Waals surface area contributed by atoms with Crippen LogP contribution < -0.4 is 10.2 Å². The maximum absolute atomic E-state index is 14.6. The molecule has 2 aliphatic heterocycles. The molecule has 1 aromatic carbocycles. The summed E-state index contributed by atoms with van der Waals surface area (Å²) in [6.45, 7) is 6.11. The van der Waals surface area contributed by atoms with Crippen molar-refractivity contribution >= 4 is 17.2 Å². The number of carbonyl (C=O) groups excluding carboxylic acids is 1. The van der Waals surface area contributed by atoms with Gasteiger partial charge >= 0.3 is 0 Å². The average molecular weight is 517 g/mol. The van der Waals surface area contributed by atoms with Gasteiger partial charge < -0.3 is 19.9 Å². The minimum absolute atomic E-state index is 0.00578. The summed E-state index contributed by atoms with van der Waals surface area (Å²) >= 11 is 0. The second kappa shape index (κ2) is 8.60. The molecular weight excluding hydrogens is 487 g/mol. The molecule has 3 aliphatic rings. The van der Waals surface area contributed by atoms with Gasteiger partial charge in [-0.2, -0.15) is 0 Å². The SMILES string of the molecule is Cc1cc(F)c(C(=O)NC2CC2)cc1-n1cc(-c2cnc3ccc(N4CCN(C)CC45COC5)cn23)nn1. The number of carbonyl (C=O) groups is 1. The quantitative estimate of drug-likeness (QED) is 0.436. The minimum Gasteiger partial charge on any atom is -0.376 e. The van der Waals surface area contributed by atoms with E-state index >= 15 is 0 Å². The van der Waals surface area contributed by atoms with Gasteiger partial charge in [-0.1, -0.05) is 5.21 Å². The van der Waals surface area contributed by atoms with Crippen molar-refractivity contribution in [2.24, 2.45) is 0 Å². The first-order valence-electron chi connectivity index (χ1n) is 13.0. The Kier molecular flexibility index (Phi) is 5.27. The molecule has 3 aromatic heterocycles. The van der Waals surface area contributed by atoms with Crippen molar-refractivity contribution in [2.75, 3.05) is 44.8 Å². The van der Waals surface area contributed by atoms with E-state index in [9.17, 15) is 9.18 Å². The number of hydrogen-bond donors (Lipinski definition) is 1. The second-order valence-electron chi connectivity index (χ2n) is 10.8. The van der Waals surface area contributed by atoms with Gasteiger partial charge in [0.15, 0.2) is 0 Å². The molecule has 1 N–H and O–H groups in total. The van der Waals surface area contributed by atoms with Gasteiger partial charge in [0, 0.05) is 31.9 Å². The summed E-state index contributed by atoms with van der Waals surface area (Å²) in [5.41, 5.74) is 4.61. The Bertz CT molecular complexity index is 1550. The van der Waals surface area contributed by atoms with Crippen LogP contribution in [0, 0.1) is 12.7 Å². The van der Waals surface area contributed by atoms with Gasteiger partial charge in [0.25, 0.3) is 5.91 Å². The number of amides is 1. The topological polar surface area (TPSA) is 92.8 Å². The molecule has 1 aliphatic carbocycles. The van der Waals surface area contributed by atoms with E-state index in [0.29, 0.717) is 16.9 Å². The highest BCUT2D eigenvalue weighted by molar-refractivity contribution is 5.95. The fourth-order valence-electron chi connectivity index (χ4n) is 5.55. The predicted octanol–water partition coefficient (Wildman–Crippen LogP) is 2.44. The van der Waals surface area contributed by atoms with Crippen molar-refractivity contribution in [1.82, 2.24) is 34.6 Å². The minimum atomic E-state index is -0.544. The molecule has 1 saturated carbocycles. The third-order valence-corrected chi connectivity index (χ3v) is 7.83. The Morgan fingerprint density at radius 3 is 2.79 bits per heavy atom. The van der Waals surface area contributed by atoms with Gasteiger partial charge in [-0.15, -0.1) is 5.10 Å². The van der Waals surface area contributed by atoms with Crippen molar-refractivity contribution < 1.29 is 13.9 Å². The average Bonchev–Trinajstić information content (AvgIpc) is 3.39. The molecule has 2 saturated heterocycles. The molecule has 0 unspecified atom stereocenters. The summed E-state index contributed by atoms with van der Waals surface area (Å²) in [6.07, 6.45) is 7.54. The van der Waals surface area contributed by atoms with Gasteiger partial charge in [-0.05, 0) is 56.6 Å². The Hall–Kier alpha value is -3.83. The Balaban J connectivity index is 1.22. The molecule has 0 bridgehead atoms. The number of benzene rings is 1. The van der Waals surface area contributed by atoms with Crippen LogP contribution in [0.25, 0.3) is 22.7 Å². The van der Waals surface area contributed by atoms with Gasteiger partial charge in [0.2, 0.25) is 0 Å². The number of likely N-dealkylation sites (N-methyl/N-ethyl adjacent to an activating group) is 1. The zero-order valence-corrected chi connectivity index (χ0v) is 21.4. The number of halogens is 1. The Labute approximate surface area is 219 Å². The lowest BCUT2D eigenvalue weighted by Crippen LogP contribution is -2.71. The number of ether oxygens (including phenoxy) is 1. The standard InChI is InChI=1S/C27H29FN8O2/c1-17-9-21(28)20(26(37)30-18-3-4-18)10-23(17)36-13-22(31-32-36)24-11-29-25-6-5-19(12-34(24)25)35-8-7-33(2)14-27(35)15-38-16-27/h5-6,9-13,18H,3-4,7-8,14-16H2,1-2H3,(H,30,37). The van der Waals surface area contributed by atoms with Crippen LogP contribution in [0.15, 0.2) is 42.9 Å². The van der Waals surface area contributed by atoms with Gasteiger partial charge in [-0.25, -0.2) is 14.1 Å². The number of aromatic nitrogens is 5. The number of hydrogen-bond acceptors (Lipinski definition) is 7. The van der Waals surface area contributed by atoms with Crippen LogP contribution in [0.1, 0.15) is 28.8 Å². The molecule has 11 heteroatoms. The van der Waals surface area contributed by atoms with E-state index in [1.165, 1.54) is 6.07 Å². The first-order valence-corrected chi connectivity index (χ1v) is 13.0. The maximum Gasteiger partial charge on any atom is 0.254 e. The summed E-state index contributed by atoms with van der Waals surface area (Å²) < 4.78 is 23.9. The number of rotatable bonds is 5. The molecular formula is C27H29FN8O2. The van der Waals surface area contributed by atoms with E-state index in [1.807, 2.05) is 10.5 Å². The maximum atomic E-state index is 14.6. The van der Waals surface area contributed by atoms with Crippen LogP contribution >= 0.6 is 0 Å². The summed E-state index contributed by atoms with van der Waals surface area (Å²) in [7, 11) is 2.16. The first kappa shape index (κ1) is 23.3. The van der Waals surface area contributed by atoms with E-state index in [-0.39, 0.29) is 17.1 Å².